The third-order valence-electron chi connectivity index (χ3n) is 3.19. The summed E-state index contributed by atoms with van der Waals surface area (Å²) in [6.07, 6.45) is 7.49. The molecule has 0 amide bonds. The highest BCUT2D eigenvalue weighted by molar-refractivity contribution is 5.81. The first-order valence-corrected chi connectivity index (χ1v) is 5.49. The van der Waals surface area contributed by atoms with Gasteiger partial charge in [-0.05, 0) is 36.3 Å². The fourth-order valence-corrected chi connectivity index (χ4v) is 2.47. The Kier molecular flexibility index (Phi) is 1.38. The SMILES string of the molecule is C1=CCc2cc3nc4ccccc4n3c2=C1. The van der Waals surface area contributed by atoms with Gasteiger partial charge in [0.2, 0.25) is 0 Å². The van der Waals surface area contributed by atoms with Gasteiger partial charge in [0.05, 0.1) is 16.4 Å². The molecule has 0 bridgehead atoms. The van der Waals surface area contributed by atoms with Crippen LogP contribution in [0.5, 0.6) is 0 Å². The van der Waals surface area contributed by atoms with E-state index in [1.54, 1.807) is 0 Å². The van der Waals surface area contributed by atoms with Gasteiger partial charge >= 0.3 is 0 Å². The van der Waals surface area contributed by atoms with Gasteiger partial charge in [0.15, 0.2) is 0 Å². The topological polar surface area (TPSA) is 17.3 Å². The van der Waals surface area contributed by atoms with Gasteiger partial charge in [-0.25, -0.2) is 4.98 Å². The van der Waals surface area contributed by atoms with Gasteiger partial charge in [0, 0.05) is 0 Å². The van der Waals surface area contributed by atoms with E-state index in [1.165, 1.54) is 16.4 Å². The lowest BCUT2D eigenvalue weighted by molar-refractivity contribution is 1.14. The second-order valence-corrected chi connectivity index (χ2v) is 4.15. The molecular weight excluding hydrogens is 196 g/mol. The van der Waals surface area contributed by atoms with E-state index in [9.17, 15) is 0 Å². The van der Waals surface area contributed by atoms with Crippen LogP contribution in [-0.2, 0) is 6.42 Å². The molecule has 4 rings (SSSR count). The monoisotopic (exact) mass is 206 g/mol. The number of fused-ring (bicyclic) bond motifs is 5. The van der Waals surface area contributed by atoms with Crippen molar-refractivity contribution >= 4 is 22.8 Å². The third-order valence-corrected chi connectivity index (χ3v) is 3.19. The van der Waals surface area contributed by atoms with Gasteiger partial charge in [-0.2, -0.15) is 0 Å². The zero-order valence-electron chi connectivity index (χ0n) is 8.72. The minimum atomic E-state index is 1.02. The first-order valence-electron chi connectivity index (χ1n) is 5.49. The summed E-state index contributed by atoms with van der Waals surface area (Å²) < 4.78 is 2.24. The molecule has 2 heterocycles. The van der Waals surface area contributed by atoms with Crippen molar-refractivity contribution in [1.82, 2.24) is 9.38 Å². The highest BCUT2D eigenvalue weighted by atomic mass is 15.0. The van der Waals surface area contributed by atoms with Crippen molar-refractivity contribution in [3.63, 3.8) is 0 Å². The Morgan fingerprint density at radius 3 is 3.12 bits per heavy atom. The number of para-hydroxylation sites is 2. The predicted molar refractivity (Wildman–Crippen MR) is 65.2 cm³/mol. The molecule has 2 aromatic heterocycles. The lowest BCUT2D eigenvalue weighted by atomic mass is 10.1. The molecule has 0 radical (unpaired) electrons. The number of imidazole rings is 1. The van der Waals surface area contributed by atoms with E-state index in [4.69, 9.17) is 0 Å². The highest BCUT2D eigenvalue weighted by Gasteiger charge is 2.10. The maximum atomic E-state index is 4.64. The summed E-state index contributed by atoms with van der Waals surface area (Å²) >= 11 is 0. The highest BCUT2D eigenvalue weighted by Crippen LogP contribution is 2.17. The van der Waals surface area contributed by atoms with Gasteiger partial charge in [0.25, 0.3) is 0 Å². The molecule has 0 unspecified atom stereocenters. The van der Waals surface area contributed by atoms with Crippen LogP contribution in [0.3, 0.4) is 0 Å². The molecule has 0 aliphatic heterocycles. The quantitative estimate of drug-likeness (QED) is 0.550. The summed E-state index contributed by atoms with van der Waals surface area (Å²) in [5.74, 6) is 0. The van der Waals surface area contributed by atoms with Crippen molar-refractivity contribution in [1.29, 1.82) is 0 Å². The molecule has 0 saturated heterocycles. The zero-order chi connectivity index (χ0) is 10.5. The molecule has 0 spiro atoms. The maximum absolute atomic E-state index is 4.64. The average molecular weight is 206 g/mol. The Hall–Kier alpha value is -2.09. The van der Waals surface area contributed by atoms with E-state index in [0.29, 0.717) is 0 Å². The maximum Gasteiger partial charge on any atom is 0.138 e. The number of benzene rings is 1. The smallest absolute Gasteiger partial charge is 0.138 e. The fourth-order valence-electron chi connectivity index (χ4n) is 2.47. The van der Waals surface area contributed by atoms with Crippen LogP contribution in [-0.4, -0.2) is 9.38 Å². The van der Waals surface area contributed by atoms with Crippen LogP contribution >= 0.6 is 0 Å². The molecule has 0 atom stereocenters. The molecular formula is C14H10N2. The first kappa shape index (κ1) is 8.11. The summed E-state index contributed by atoms with van der Waals surface area (Å²) in [4.78, 5) is 4.64. The Morgan fingerprint density at radius 2 is 2.12 bits per heavy atom. The number of hydrogen-bond donors (Lipinski definition) is 0. The Balaban J connectivity index is 2.32. The predicted octanol–water partition coefficient (Wildman–Crippen LogP) is 2.10. The number of aromatic nitrogens is 2. The summed E-state index contributed by atoms with van der Waals surface area (Å²) in [5, 5.41) is 1.28. The van der Waals surface area contributed by atoms with Crippen LogP contribution in [0.15, 0.2) is 42.5 Å². The minimum Gasteiger partial charge on any atom is -0.293 e. The molecule has 1 aromatic carbocycles. The van der Waals surface area contributed by atoms with Crippen molar-refractivity contribution in [2.45, 2.75) is 6.42 Å². The second kappa shape index (κ2) is 2.73. The summed E-state index contributed by atoms with van der Waals surface area (Å²) in [5.41, 5.74) is 4.70. The third kappa shape index (κ3) is 0.890. The molecule has 16 heavy (non-hydrogen) atoms. The minimum absolute atomic E-state index is 1.02. The molecule has 76 valence electrons. The van der Waals surface area contributed by atoms with Crippen molar-refractivity contribution in [2.24, 2.45) is 0 Å². The van der Waals surface area contributed by atoms with Crippen LogP contribution in [0.25, 0.3) is 22.8 Å². The van der Waals surface area contributed by atoms with E-state index in [-0.39, 0.29) is 0 Å². The van der Waals surface area contributed by atoms with E-state index >= 15 is 0 Å². The van der Waals surface area contributed by atoms with Crippen molar-refractivity contribution in [3.8, 4) is 0 Å². The summed E-state index contributed by atoms with van der Waals surface area (Å²) in [6, 6.07) is 10.5. The van der Waals surface area contributed by atoms with Gasteiger partial charge < -0.3 is 0 Å². The Morgan fingerprint density at radius 1 is 1.19 bits per heavy atom. The Bertz CT molecular complexity index is 778. The van der Waals surface area contributed by atoms with E-state index in [2.05, 4.69) is 51.9 Å². The molecule has 3 aromatic rings. The van der Waals surface area contributed by atoms with Gasteiger partial charge in [-0.1, -0.05) is 24.3 Å². The van der Waals surface area contributed by atoms with E-state index in [1.807, 2.05) is 6.07 Å². The molecule has 2 heteroatoms. The number of rotatable bonds is 0. The van der Waals surface area contributed by atoms with Crippen molar-refractivity contribution in [3.05, 3.63) is 53.4 Å². The summed E-state index contributed by atoms with van der Waals surface area (Å²) in [7, 11) is 0. The first-order chi connectivity index (χ1) is 7.93. The molecule has 0 saturated carbocycles. The van der Waals surface area contributed by atoms with E-state index in [0.717, 1.165) is 17.6 Å². The second-order valence-electron chi connectivity index (χ2n) is 4.15. The average Bonchev–Trinajstić information content (AvgIpc) is 2.83. The van der Waals surface area contributed by atoms with Crippen LogP contribution in [0.4, 0.5) is 0 Å². The molecule has 1 aliphatic rings. The van der Waals surface area contributed by atoms with Gasteiger partial charge in [-0.3, -0.25) is 4.40 Å². The molecule has 1 aliphatic carbocycles. The normalized spacial score (nSPS) is 14.2. The van der Waals surface area contributed by atoms with Gasteiger partial charge in [-0.15, -0.1) is 0 Å². The Labute approximate surface area is 92.5 Å². The number of hydrogen-bond acceptors (Lipinski definition) is 1. The lowest BCUT2D eigenvalue weighted by Gasteiger charge is -1.97. The van der Waals surface area contributed by atoms with E-state index < -0.39 is 0 Å². The zero-order valence-corrected chi connectivity index (χ0v) is 8.72. The van der Waals surface area contributed by atoms with Crippen LogP contribution in [0, 0.1) is 0 Å². The molecule has 0 N–H and O–H groups in total. The van der Waals surface area contributed by atoms with Crippen LogP contribution < -0.4 is 5.35 Å². The largest absolute Gasteiger partial charge is 0.293 e. The summed E-state index contributed by atoms with van der Waals surface area (Å²) in [6.45, 7) is 0. The van der Waals surface area contributed by atoms with Crippen molar-refractivity contribution < 1.29 is 0 Å². The van der Waals surface area contributed by atoms with Crippen molar-refractivity contribution in [2.75, 3.05) is 0 Å². The molecule has 0 fully saturated rings. The number of allylic oxidation sites excluding steroid dienone is 2. The van der Waals surface area contributed by atoms with Gasteiger partial charge in [0.1, 0.15) is 5.65 Å². The van der Waals surface area contributed by atoms with Crippen LogP contribution in [0.1, 0.15) is 5.56 Å². The molecule has 2 nitrogen and oxygen atoms in total. The standard InChI is InChI=1S/C14H10N2/c1-3-7-12-10(5-1)9-14-15-11-6-2-4-8-13(11)16(12)14/h1-4,6-9H,5H2. The number of nitrogens with zero attached hydrogens (tertiary/aromatic N) is 2. The lowest BCUT2D eigenvalue weighted by Crippen LogP contribution is -2.13. The van der Waals surface area contributed by atoms with Crippen LogP contribution in [0.2, 0.25) is 0 Å². The fraction of sp³-hybridized carbons (Fsp3) is 0.0714.